The summed E-state index contributed by atoms with van der Waals surface area (Å²) in [5.74, 6) is 0.597. The molecule has 2 aliphatic rings. The van der Waals surface area contributed by atoms with Crippen LogP contribution in [0.2, 0.25) is 0 Å². The molecule has 3 aromatic heterocycles. The lowest BCUT2D eigenvalue weighted by Crippen LogP contribution is -2.46. The highest BCUT2D eigenvalue weighted by molar-refractivity contribution is 7.18. The molecule has 9 nitrogen and oxygen atoms in total. The van der Waals surface area contributed by atoms with Gasteiger partial charge in [-0.25, -0.2) is 9.97 Å². The Balaban J connectivity index is 1.05. The minimum atomic E-state index is -4.25. The van der Waals surface area contributed by atoms with Crippen molar-refractivity contribution in [3.63, 3.8) is 0 Å². The second kappa shape index (κ2) is 12.5. The third kappa shape index (κ3) is 6.92. The van der Waals surface area contributed by atoms with Crippen LogP contribution in [0.15, 0.2) is 36.7 Å². The fourth-order valence-corrected chi connectivity index (χ4v) is 7.10. The van der Waals surface area contributed by atoms with Crippen LogP contribution in [-0.4, -0.2) is 93.7 Å². The molecule has 0 radical (unpaired) electrons. The maximum absolute atomic E-state index is 12.9. The van der Waals surface area contributed by atoms with Crippen LogP contribution < -0.4 is 5.32 Å². The number of anilines is 1. The molecule has 1 aromatic carbocycles. The minimum Gasteiger partial charge on any atom is -0.367 e. The van der Waals surface area contributed by atoms with Crippen LogP contribution in [0.1, 0.15) is 29.0 Å². The molecule has 0 saturated carbocycles. The van der Waals surface area contributed by atoms with Crippen molar-refractivity contribution in [3.05, 3.63) is 52.8 Å². The molecule has 1 amide bonds. The molecule has 226 valence electrons. The van der Waals surface area contributed by atoms with Gasteiger partial charge < -0.3 is 14.8 Å². The van der Waals surface area contributed by atoms with E-state index in [4.69, 9.17) is 0 Å². The van der Waals surface area contributed by atoms with Crippen LogP contribution >= 0.6 is 11.3 Å². The Kier molecular flexibility index (Phi) is 8.52. The lowest BCUT2D eigenvalue weighted by atomic mass is 10.0. The Morgan fingerprint density at radius 2 is 1.81 bits per heavy atom. The molecule has 43 heavy (non-hydrogen) atoms. The van der Waals surface area contributed by atoms with Gasteiger partial charge in [-0.1, -0.05) is 6.07 Å². The number of halogens is 3. The molecule has 5 heterocycles. The standard InChI is InChI=1S/C30H33F3N8OS/c31-30(32,33)16-25-15-26-28(35-19-36-29(26)43-25)37-23-3-5-39(6-4-23)18-21-1-2-27-22(13-21)14-24(17-34)41(27)12-11-38-7-9-40(20-42)10-8-38/h1-2,13-15,19-20,23H,3-12,16,18H2,(H,35,36,37). The van der Waals surface area contributed by atoms with E-state index in [1.807, 2.05) is 6.07 Å². The maximum atomic E-state index is 12.9. The Hall–Kier alpha value is -3.73. The molecule has 4 aromatic rings. The summed E-state index contributed by atoms with van der Waals surface area (Å²) in [4.78, 5) is 26.8. The summed E-state index contributed by atoms with van der Waals surface area (Å²) < 4.78 is 40.8. The molecule has 0 spiro atoms. The lowest BCUT2D eigenvalue weighted by Gasteiger charge is -2.32. The number of hydrogen-bond acceptors (Lipinski definition) is 8. The van der Waals surface area contributed by atoms with Crippen molar-refractivity contribution in [1.82, 2.24) is 29.2 Å². The number of piperidine rings is 1. The number of fused-ring (bicyclic) bond motifs is 2. The summed E-state index contributed by atoms with van der Waals surface area (Å²) in [6, 6.07) is 12.5. The first kappa shape index (κ1) is 29.3. The number of likely N-dealkylation sites (tertiary alicyclic amines) is 1. The van der Waals surface area contributed by atoms with E-state index in [2.05, 4.69) is 53.9 Å². The number of alkyl halides is 3. The Labute approximate surface area is 251 Å². The van der Waals surface area contributed by atoms with E-state index in [0.29, 0.717) is 21.7 Å². The van der Waals surface area contributed by atoms with Crippen LogP contribution in [-0.2, 0) is 24.3 Å². The monoisotopic (exact) mass is 610 g/mol. The van der Waals surface area contributed by atoms with E-state index in [1.54, 1.807) is 11.0 Å². The van der Waals surface area contributed by atoms with E-state index in [-0.39, 0.29) is 10.9 Å². The van der Waals surface area contributed by atoms with Gasteiger partial charge in [0.1, 0.15) is 28.7 Å². The highest BCUT2D eigenvalue weighted by atomic mass is 32.1. The first-order chi connectivity index (χ1) is 20.8. The number of thiophene rings is 1. The zero-order valence-electron chi connectivity index (χ0n) is 23.7. The summed E-state index contributed by atoms with van der Waals surface area (Å²) in [7, 11) is 0. The number of benzene rings is 1. The van der Waals surface area contributed by atoms with Gasteiger partial charge in [0, 0.05) is 80.7 Å². The SMILES string of the molecule is N#Cc1cc2cc(CN3CCC(Nc4ncnc5sc(CC(F)(F)F)cc45)CC3)ccc2n1CCN1CCN(C=O)CC1. The third-order valence-electron chi connectivity index (χ3n) is 8.37. The quantitative estimate of drug-likeness (QED) is 0.280. The normalized spacial score (nSPS) is 17.5. The molecule has 2 saturated heterocycles. The highest BCUT2D eigenvalue weighted by Crippen LogP contribution is 2.33. The lowest BCUT2D eigenvalue weighted by molar-refractivity contribution is -0.126. The Morgan fingerprint density at radius 3 is 2.53 bits per heavy atom. The van der Waals surface area contributed by atoms with E-state index in [0.717, 1.165) is 100 Å². The molecule has 6 rings (SSSR count). The van der Waals surface area contributed by atoms with Gasteiger partial charge >= 0.3 is 6.18 Å². The average molecular weight is 611 g/mol. The zero-order valence-corrected chi connectivity index (χ0v) is 24.5. The number of nitrogens with zero attached hydrogens (tertiary/aromatic N) is 7. The van der Waals surface area contributed by atoms with Crippen molar-refractivity contribution in [2.45, 2.75) is 44.6 Å². The number of piperazine rings is 1. The molecule has 0 bridgehead atoms. The molecule has 2 aliphatic heterocycles. The fraction of sp³-hybridized carbons (Fsp3) is 0.467. The van der Waals surface area contributed by atoms with Crippen LogP contribution in [0.5, 0.6) is 0 Å². The van der Waals surface area contributed by atoms with Gasteiger partial charge in [0.25, 0.3) is 0 Å². The van der Waals surface area contributed by atoms with Gasteiger partial charge in [-0.15, -0.1) is 11.3 Å². The van der Waals surface area contributed by atoms with Crippen molar-refractivity contribution in [2.24, 2.45) is 0 Å². The van der Waals surface area contributed by atoms with Crippen LogP contribution in [0.4, 0.5) is 19.0 Å². The van der Waals surface area contributed by atoms with Crippen LogP contribution in [0, 0.1) is 11.3 Å². The minimum absolute atomic E-state index is 0.177. The summed E-state index contributed by atoms with van der Waals surface area (Å²) in [5.41, 5.74) is 2.90. The van der Waals surface area contributed by atoms with Gasteiger partial charge in [-0.2, -0.15) is 18.4 Å². The molecular weight excluding hydrogens is 577 g/mol. The van der Waals surface area contributed by atoms with Gasteiger partial charge in [0.15, 0.2) is 0 Å². The van der Waals surface area contributed by atoms with Gasteiger partial charge in [0.2, 0.25) is 6.41 Å². The topological polar surface area (TPSA) is 93.3 Å². The number of rotatable bonds is 9. The second-order valence-corrected chi connectivity index (χ2v) is 12.4. The van der Waals surface area contributed by atoms with E-state index in [9.17, 15) is 23.2 Å². The predicted octanol–water partition coefficient (Wildman–Crippen LogP) is 4.47. The van der Waals surface area contributed by atoms with Gasteiger partial charge in [-0.05, 0) is 42.7 Å². The third-order valence-corrected chi connectivity index (χ3v) is 9.41. The van der Waals surface area contributed by atoms with Crippen molar-refractivity contribution in [1.29, 1.82) is 5.26 Å². The van der Waals surface area contributed by atoms with Crippen LogP contribution in [0.25, 0.3) is 21.1 Å². The largest absolute Gasteiger partial charge is 0.393 e. The molecule has 1 N–H and O–H groups in total. The molecule has 2 fully saturated rings. The molecule has 0 atom stereocenters. The number of aromatic nitrogens is 3. The number of nitrogens with one attached hydrogen (secondary N) is 1. The molecule has 0 unspecified atom stereocenters. The van der Waals surface area contributed by atoms with Crippen LogP contribution in [0.3, 0.4) is 0 Å². The number of carbonyl (C=O) groups excluding carboxylic acids is 1. The van der Waals surface area contributed by atoms with Crippen molar-refractivity contribution >= 4 is 44.7 Å². The average Bonchev–Trinajstić information content (AvgIpc) is 3.56. The summed E-state index contributed by atoms with van der Waals surface area (Å²) in [6.45, 7) is 7.29. The van der Waals surface area contributed by atoms with E-state index < -0.39 is 12.6 Å². The van der Waals surface area contributed by atoms with E-state index >= 15 is 0 Å². The zero-order chi connectivity index (χ0) is 30.0. The van der Waals surface area contributed by atoms with Crippen molar-refractivity contribution in [3.8, 4) is 6.07 Å². The molecule has 0 aliphatic carbocycles. The predicted molar refractivity (Wildman–Crippen MR) is 160 cm³/mol. The van der Waals surface area contributed by atoms with Gasteiger partial charge in [0.05, 0.1) is 11.8 Å². The highest BCUT2D eigenvalue weighted by Gasteiger charge is 2.29. The van der Waals surface area contributed by atoms with E-state index in [1.165, 1.54) is 11.9 Å². The summed E-state index contributed by atoms with van der Waals surface area (Å²) in [6.07, 6.45) is -1.11. The molecular formula is C30H33F3N8OS. The van der Waals surface area contributed by atoms with Crippen molar-refractivity contribution in [2.75, 3.05) is 51.1 Å². The molecule has 13 heteroatoms. The smallest absolute Gasteiger partial charge is 0.367 e. The Bertz CT molecular complexity index is 1630. The van der Waals surface area contributed by atoms with Gasteiger partial charge in [-0.3, -0.25) is 14.6 Å². The second-order valence-electron chi connectivity index (χ2n) is 11.3. The number of hydrogen-bond donors (Lipinski definition) is 1. The maximum Gasteiger partial charge on any atom is 0.393 e. The fourth-order valence-electron chi connectivity index (χ4n) is 6.08. The number of carbonyl (C=O) groups is 1. The first-order valence-electron chi connectivity index (χ1n) is 14.5. The number of nitriles is 1. The Morgan fingerprint density at radius 1 is 1.02 bits per heavy atom. The summed E-state index contributed by atoms with van der Waals surface area (Å²) in [5, 5.41) is 15.0. The first-order valence-corrected chi connectivity index (χ1v) is 15.3. The van der Waals surface area contributed by atoms with Crippen molar-refractivity contribution < 1.29 is 18.0 Å². The summed E-state index contributed by atoms with van der Waals surface area (Å²) >= 11 is 1.06. The number of amides is 1.